The van der Waals surface area contributed by atoms with E-state index in [-0.39, 0.29) is 5.91 Å². The number of carbonyl (C=O) groups excluding carboxylic acids is 1. The Morgan fingerprint density at radius 1 is 1.33 bits per heavy atom. The van der Waals surface area contributed by atoms with Crippen LogP contribution >= 0.6 is 0 Å². The third kappa shape index (κ3) is 3.67. The number of amides is 1. The number of fused-ring (bicyclic) bond motifs is 1. The van der Waals surface area contributed by atoms with Crippen molar-refractivity contribution in [1.82, 2.24) is 4.98 Å². The topological polar surface area (TPSA) is 54.5 Å². The van der Waals surface area contributed by atoms with Gasteiger partial charge in [-0.15, -0.1) is 0 Å². The quantitative estimate of drug-likeness (QED) is 0.917. The lowest BCUT2D eigenvalue weighted by atomic mass is 9.96. The van der Waals surface area contributed by atoms with E-state index in [2.05, 4.69) is 46.4 Å². The zero-order chi connectivity index (χ0) is 16.9. The third-order valence-corrected chi connectivity index (χ3v) is 4.47. The summed E-state index contributed by atoms with van der Waals surface area (Å²) in [7, 11) is 1.57. The molecule has 0 saturated heterocycles. The van der Waals surface area contributed by atoms with Gasteiger partial charge < -0.3 is 15.0 Å². The fourth-order valence-electron chi connectivity index (χ4n) is 3.12. The van der Waals surface area contributed by atoms with Gasteiger partial charge >= 0.3 is 0 Å². The van der Waals surface area contributed by atoms with Crippen molar-refractivity contribution >= 4 is 17.3 Å². The number of ether oxygens (including phenoxy) is 1. The molecule has 5 nitrogen and oxygen atoms in total. The fourth-order valence-corrected chi connectivity index (χ4v) is 3.12. The molecule has 0 saturated carbocycles. The maximum atomic E-state index is 12.2. The summed E-state index contributed by atoms with van der Waals surface area (Å²) in [5, 5.41) is 2.89. The Kier molecular flexibility index (Phi) is 4.99. The van der Waals surface area contributed by atoms with Crippen molar-refractivity contribution in [2.24, 2.45) is 0 Å². The van der Waals surface area contributed by atoms with Gasteiger partial charge in [0.1, 0.15) is 0 Å². The largest absolute Gasteiger partial charge is 0.481 e. The van der Waals surface area contributed by atoms with Gasteiger partial charge in [0.05, 0.1) is 19.0 Å². The molecule has 1 aliphatic rings. The fraction of sp³-hybridized carbons (Fsp3) is 0.368. The molecule has 1 N–H and O–H groups in total. The lowest BCUT2D eigenvalue weighted by Crippen LogP contribution is -2.39. The van der Waals surface area contributed by atoms with Gasteiger partial charge in [-0.05, 0) is 37.5 Å². The molecular weight excluding hydrogens is 302 g/mol. The van der Waals surface area contributed by atoms with E-state index in [4.69, 9.17) is 4.74 Å². The maximum Gasteiger partial charge on any atom is 0.226 e. The van der Waals surface area contributed by atoms with Crippen LogP contribution in [0.2, 0.25) is 0 Å². The molecule has 1 aromatic heterocycles. The van der Waals surface area contributed by atoms with Crippen LogP contribution in [-0.4, -0.2) is 30.6 Å². The summed E-state index contributed by atoms with van der Waals surface area (Å²) < 4.78 is 5.02. The van der Waals surface area contributed by atoms with Gasteiger partial charge in [0.2, 0.25) is 11.8 Å². The highest BCUT2D eigenvalue weighted by Gasteiger charge is 2.22. The van der Waals surface area contributed by atoms with E-state index in [1.54, 1.807) is 25.4 Å². The standard InChI is InChI=1S/C19H23N3O2/c1-14-7-8-15-5-3-4-6-17(15)22(14)12-11-18(23)21-16-9-10-19(24-2)20-13-16/h3-6,9-10,13-14H,7-8,11-12H2,1-2H3,(H,21,23). The molecule has 1 amide bonds. The van der Waals surface area contributed by atoms with Crippen LogP contribution in [0.1, 0.15) is 25.3 Å². The number of aryl methyl sites for hydroxylation is 1. The van der Waals surface area contributed by atoms with E-state index >= 15 is 0 Å². The minimum atomic E-state index is -0.00257. The van der Waals surface area contributed by atoms with Crippen molar-refractivity contribution in [3.8, 4) is 5.88 Å². The molecule has 1 atom stereocenters. The second kappa shape index (κ2) is 7.34. The van der Waals surface area contributed by atoms with Crippen molar-refractivity contribution in [1.29, 1.82) is 0 Å². The molecule has 0 radical (unpaired) electrons. The van der Waals surface area contributed by atoms with Crippen LogP contribution in [0.25, 0.3) is 0 Å². The average Bonchev–Trinajstić information content (AvgIpc) is 2.61. The minimum Gasteiger partial charge on any atom is -0.481 e. The Balaban J connectivity index is 1.59. The number of hydrogen-bond donors (Lipinski definition) is 1. The predicted octanol–water partition coefficient (Wildman–Crippen LogP) is 3.26. The number of methoxy groups -OCH3 is 1. The van der Waals surface area contributed by atoms with Crippen molar-refractivity contribution in [3.05, 3.63) is 48.2 Å². The summed E-state index contributed by atoms with van der Waals surface area (Å²) in [6.45, 7) is 2.94. The number of hydrogen-bond acceptors (Lipinski definition) is 4. The minimum absolute atomic E-state index is 0.00257. The molecule has 3 rings (SSSR count). The molecular formula is C19H23N3O2. The maximum absolute atomic E-state index is 12.2. The zero-order valence-corrected chi connectivity index (χ0v) is 14.2. The number of aromatic nitrogens is 1. The van der Waals surface area contributed by atoms with Gasteiger partial charge in [-0.2, -0.15) is 0 Å². The molecule has 1 aliphatic heterocycles. The number of para-hydroxylation sites is 1. The molecule has 126 valence electrons. The van der Waals surface area contributed by atoms with Crippen LogP contribution in [-0.2, 0) is 11.2 Å². The summed E-state index contributed by atoms with van der Waals surface area (Å²) >= 11 is 0. The molecule has 24 heavy (non-hydrogen) atoms. The van der Waals surface area contributed by atoms with Crippen LogP contribution in [0.3, 0.4) is 0 Å². The first-order valence-corrected chi connectivity index (χ1v) is 8.32. The summed E-state index contributed by atoms with van der Waals surface area (Å²) in [6, 6.07) is 12.5. The number of nitrogens with one attached hydrogen (secondary N) is 1. The Morgan fingerprint density at radius 2 is 2.17 bits per heavy atom. The van der Waals surface area contributed by atoms with E-state index in [0.29, 0.717) is 30.6 Å². The van der Waals surface area contributed by atoms with Gasteiger partial charge in [-0.1, -0.05) is 18.2 Å². The van der Waals surface area contributed by atoms with Crippen molar-refractivity contribution in [3.63, 3.8) is 0 Å². The Bertz CT molecular complexity index is 700. The van der Waals surface area contributed by atoms with Crippen LogP contribution < -0.4 is 15.0 Å². The van der Waals surface area contributed by atoms with E-state index in [0.717, 1.165) is 12.8 Å². The number of rotatable bonds is 5. The van der Waals surface area contributed by atoms with Crippen molar-refractivity contribution < 1.29 is 9.53 Å². The van der Waals surface area contributed by atoms with Gasteiger partial charge in [0.15, 0.2) is 0 Å². The summed E-state index contributed by atoms with van der Waals surface area (Å²) in [5.74, 6) is 0.531. The van der Waals surface area contributed by atoms with E-state index in [1.165, 1.54) is 11.3 Å². The second-order valence-electron chi connectivity index (χ2n) is 6.10. The second-order valence-corrected chi connectivity index (χ2v) is 6.10. The average molecular weight is 325 g/mol. The van der Waals surface area contributed by atoms with Crippen LogP contribution in [0, 0.1) is 0 Å². The van der Waals surface area contributed by atoms with Gasteiger partial charge in [-0.25, -0.2) is 4.98 Å². The van der Waals surface area contributed by atoms with E-state index in [9.17, 15) is 4.79 Å². The Morgan fingerprint density at radius 3 is 2.92 bits per heavy atom. The zero-order valence-electron chi connectivity index (χ0n) is 14.2. The predicted molar refractivity (Wildman–Crippen MR) is 95.6 cm³/mol. The first-order chi connectivity index (χ1) is 11.7. The molecule has 1 aromatic carbocycles. The molecule has 5 heteroatoms. The normalized spacial score (nSPS) is 16.4. The van der Waals surface area contributed by atoms with Crippen LogP contribution in [0.4, 0.5) is 11.4 Å². The molecule has 2 heterocycles. The van der Waals surface area contributed by atoms with Crippen LogP contribution in [0.15, 0.2) is 42.6 Å². The van der Waals surface area contributed by atoms with Gasteiger partial charge in [-0.3, -0.25) is 4.79 Å². The summed E-state index contributed by atoms with van der Waals surface area (Å²) in [5.41, 5.74) is 3.32. The highest BCUT2D eigenvalue weighted by Crippen LogP contribution is 2.30. The SMILES string of the molecule is COc1ccc(NC(=O)CCN2c3ccccc3CCC2C)cn1. The first kappa shape index (κ1) is 16.3. The molecule has 0 aliphatic carbocycles. The summed E-state index contributed by atoms with van der Waals surface area (Å²) in [6.07, 6.45) is 4.29. The summed E-state index contributed by atoms with van der Waals surface area (Å²) in [4.78, 5) is 18.7. The van der Waals surface area contributed by atoms with E-state index < -0.39 is 0 Å². The molecule has 0 fully saturated rings. The molecule has 1 unspecified atom stereocenters. The Hall–Kier alpha value is -2.56. The highest BCUT2D eigenvalue weighted by atomic mass is 16.5. The van der Waals surface area contributed by atoms with Crippen LogP contribution in [0.5, 0.6) is 5.88 Å². The van der Waals surface area contributed by atoms with Crippen molar-refractivity contribution in [2.75, 3.05) is 23.9 Å². The monoisotopic (exact) mass is 325 g/mol. The number of nitrogens with zero attached hydrogens (tertiary/aromatic N) is 2. The number of anilines is 2. The molecule has 2 aromatic rings. The third-order valence-electron chi connectivity index (χ3n) is 4.47. The molecule has 0 bridgehead atoms. The lowest BCUT2D eigenvalue weighted by molar-refractivity contribution is -0.116. The number of pyridine rings is 1. The Labute approximate surface area is 142 Å². The first-order valence-electron chi connectivity index (χ1n) is 8.32. The van der Waals surface area contributed by atoms with Crippen molar-refractivity contribution in [2.45, 2.75) is 32.2 Å². The number of benzene rings is 1. The number of carbonyl (C=O) groups is 1. The molecule has 0 spiro atoms. The smallest absolute Gasteiger partial charge is 0.226 e. The lowest BCUT2D eigenvalue weighted by Gasteiger charge is -2.37. The van der Waals surface area contributed by atoms with Gasteiger partial charge in [0.25, 0.3) is 0 Å². The highest BCUT2D eigenvalue weighted by molar-refractivity contribution is 5.90. The van der Waals surface area contributed by atoms with E-state index in [1.807, 2.05) is 0 Å². The van der Waals surface area contributed by atoms with Gasteiger partial charge in [0, 0.05) is 30.8 Å².